The molecule has 1 unspecified atom stereocenters. The van der Waals surface area contributed by atoms with Gasteiger partial charge in [-0.1, -0.05) is 25.0 Å². The summed E-state index contributed by atoms with van der Waals surface area (Å²) in [6.07, 6.45) is 4.69. The quantitative estimate of drug-likeness (QED) is 0.367. The molecule has 0 radical (unpaired) electrons. The van der Waals surface area contributed by atoms with Gasteiger partial charge < -0.3 is 24.5 Å². The van der Waals surface area contributed by atoms with E-state index in [1.54, 1.807) is 23.1 Å². The summed E-state index contributed by atoms with van der Waals surface area (Å²) in [5, 5.41) is 25.5. The Morgan fingerprint density at radius 2 is 1.88 bits per heavy atom. The molecule has 0 bridgehead atoms. The fourth-order valence-corrected chi connectivity index (χ4v) is 5.34. The standard InChI is InChI=1S/C28H37N7O5/c1-20-7-12-24(40-20)27-30-32-35(31-27)19-25(37)34(14-4-13-33-15-17-39-18-16-33)26(21-8-10-23(36)11-9-21)28(38)29-22-5-2-3-6-22/h7-12,22,26,36H,2-6,13-19H2,1H3,(H,29,38). The lowest BCUT2D eigenvalue weighted by Gasteiger charge is -2.33. The number of aromatic hydroxyl groups is 1. The van der Waals surface area contributed by atoms with Gasteiger partial charge in [0.15, 0.2) is 5.76 Å². The number of phenols is 1. The van der Waals surface area contributed by atoms with Crippen molar-refractivity contribution >= 4 is 11.8 Å². The minimum absolute atomic E-state index is 0.0914. The average molecular weight is 552 g/mol. The van der Waals surface area contributed by atoms with E-state index >= 15 is 0 Å². The number of nitrogens with zero attached hydrogens (tertiary/aromatic N) is 6. The first-order valence-corrected chi connectivity index (χ1v) is 14.0. The molecular weight excluding hydrogens is 514 g/mol. The summed E-state index contributed by atoms with van der Waals surface area (Å²) in [4.78, 5) is 32.8. The molecular formula is C28H37N7O5. The number of rotatable bonds is 11. The summed E-state index contributed by atoms with van der Waals surface area (Å²) in [6.45, 7) is 5.85. The van der Waals surface area contributed by atoms with Gasteiger partial charge in [0.05, 0.1) is 13.2 Å². The van der Waals surface area contributed by atoms with Gasteiger partial charge in [-0.2, -0.15) is 4.80 Å². The van der Waals surface area contributed by atoms with Gasteiger partial charge in [0.1, 0.15) is 24.1 Å². The van der Waals surface area contributed by atoms with Crippen molar-refractivity contribution in [3.05, 3.63) is 47.7 Å². The van der Waals surface area contributed by atoms with Crippen LogP contribution >= 0.6 is 0 Å². The van der Waals surface area contributed by atoms with Gasteiger partial charge in [0.25, 0.3) is 0 Å². The number of morpholine rings is 1. The van der Waals surface area contributed by atoms with Gasteiger partial charge in [-0.3, -0.25) is 14.5 Å². The van der Waals surface area contributed by atoms with Crippen molar-refractivity contribution in [1.82, 2.24) is 35.3 Å². The molecule has 2 aromatic heterocycles. The Morgan fingerprint density at radius 3 is 2.58 bits per heavy atom. The predicted molar refractivity (Wildman–Crippen MR) is 145 cm³/mol. The molecule has 12 nitrogen and oxygen atoms in total. The number of aromatic nitrogens is 4. The van der Waals surface area contributed by atoms with Gasteiger partial charge in [0, 0.05) is 32.2 Å². The average Bonchev–Trinajstić information content (AvgIpc) is 3.73. The molecule has 0 spiro atoms. The zero-order valence-corrected chi connectivity index (χ0v) is 22.9. The number of amides is 2. The smallest absolute Gasteiger partial charge is 0.247 e. The van der Waals surface area contributed by atoms with Crippen LogP contribution in [0, 0.1) is 6.92 Å². The van der Waals surface area contributed by atoms with Gasteiger partial charge in [-0.15, -0.1) is 10.2 Å². The molecule has 2 fully saturated rings. The second kappa shape index (κ2) is 13.1. The highest BCUT2D eigenvalue weighted by molar-refractivity contribution is 5.89. The minimum Gasteiger partial charge on any atom is -0.508 e. The zero-order valence-electron chi connectivity index (χ0n) is 22.9. The van der Waals surface area contributed by atoms with E-state index in [4.69, 9.17) is 9.15 Å². The van der Waals surface area contributed by atoms with Crippen LogP contribution < -0.4 is 5.32 Å². The molecule has 1 aliphatic carbocycles. The molecule has 1 atom stereocenters. The number of aryl methyl sites for hydroxylation is 1. The van der Waals surface area contributed by atoms with E-state index in [2.05, 4.69) is 25.6 Å². The third kappa shape index (κ3) is 7.05. The Bertz CT molecular complexity index is 1260. The summed E-state index contributed by atoms with van der Waals surface area (Å²) in [6, 6.07) is 9.26. The summed E-state index contributed by atoms with van der Waals surface area (Å²) in [5.74, 6) is 1.04. The van der Waals surface area contributed by atoms with Crippen LogP contribution in [-0.2, 0) is 20.9 Å². The zero-order chi connectivity index (χ0) is 27.9. The molecule has 12 heteroatoms. The van der Waals surface area contributed by atoms with Crippen molar-refractivity contribution < 1.29 is 23.8 Å². The van der Waals surface area contributed by atoms with Gasteiger partial charge >= 0.3 is 0 Å². The number of hydrogen-bond donors (Lipinski definition) is 2. The fraction of sp³-hybridized carbons (Fsp3) is 0.536. The highest BCUT2D eigenvalue weighted by Crippen LogP contribution is 2.26. The number of carbonyl (C=O) groups excluding carboxylic acids is 2. The number of benzene rings is 1. The Hall–Kier alpha value is -3.77. The highest BCUT2D eigenvalue weighted by Gasteiger charge is 2.33. The number of tetrazole rings is 1. The third-order valence-corrected chi connectivity index (χ3v) is 7.46. The summed E-state index contributed by atoms with van der Waals surface area (Å²) < 4.78 is 11.0. The second-order valence-corrected chi connectivity index (χ2v) is 10.4. The molecule has 1 aromatic carbocycles. The molecule has 3 heterocycles. The van der Waals surface area contributed by atoms with E-state index in [0.717, 1.165) is 51.1 Å². The van der Waals surface area contributed by atoms with E-state index < -0.39 is 6.04 Å². The maximum absolute atomic E-state index is 13.9. The number of ether oxygens (including phenoxy) is 1. The SMILES string of the molecule is Cc1ccc(-c2nnn(CC(=O)N(CCCN3CCOCC3)C(C(=O)NC3CCCC3)c3ccc(O)cc3)n2)o1. The molecule has 5 rings (SSSR count). The Labute approximate surface area is 233 Å². The molecule has 2 amide bonds. The van der Waals surface area contributed by atoms with E-state index in [0.29, 0.717) is 37.5 Å². The number of nitrogens with one attached hydrogen (secondary N) is 1. The molecule has 40 heavy (non-hydrogen) atoms. The highest BCUT2D eigenvalue weighted by atomic mass is 16.5. The topological polar surface area (TPSA) is 139 Å². The van der Waals surface area contributed by atoms with Crippen molar-refractivity contribution in [2.24, 2.45) is 0 Å². The summed E-state index contributed by atoms with van der Waals surface area (Å²) in [5.41, 5.74) is 0.631. The molecule has 3 aromatic rings. The van der Waals surface area contributed by atoms with Crippen LogP contribution in [0.4, 0.5) is 0 Å². The fourth-order valence-electron chi connectivity index (χ4n) is 5.34. The van der Waals surface area contributed by atoms with Crippen molar-refractivity contribution in [3.8, 4) is 17.3 Å². The number of hydrogen-bond acceptors (Lipinski definition) is 9. The monoisotopic (exact) mass is 551 g/mol. The lowest BCUT2D eigenvalue weighted by Crippen LogP contribution is -2.48. The van der Waals surface area contributed by atoms with Crippen molar-refractivity contribution in [2.75, 3.05) is 39.4 Å². The van der Waals surface area contributed by atoms with Crippen LogP contribution in [0.25, 0.3) is 11.6 Å². The number of furan rings is 1. The van der Waals surface area contributed by atoms with E-state index in [1.807, 2.05) is 13.0 Å². The van der Waals surface area contributed by atoms with Crippen molar-refractivity contribution in [3.63, 3.8) is 0 Å². The molecule has 1 saturated carbocycles. The van der Waals surface area contributed by atoms with Gasteiger partial charge in [0.2, 0.25) is 17.6 Å². The summed E-state index contributed by atoms with van der Waals surface area (Å²) in [7, 11) is 0. The Kier molecular flexibility index (Phi) is 9.07. The Morgan fingerprint density at radius 1 is 1.12 bits per heavy atom. The first kappa shape index (κ1) is 27.8. The van der Waals surface area contributed by atoms with Crippen LogP contribution in [0.5, 0.6) is 5.75 Å². The lowest BCUT2D eigenvalue weighted by molar-refractivity contribution is -0.142. The normalized spacial score (nSPS) is 17.1. The molecule has 1 saturated heterocycles. The van der Waals surface area contributed by atoms with Crippen LogP contribution in [0.3, 0.4) is 0 Å². The maximum Gasteiger partial charge on any atom is 0.247 e. The van der Waals surface area contributed by atoms with Crippen LogP contribution in [0.2, 0.25) is 0 Å². The lowest BCUT2D eigenvalue weighted by atomic mass is 10.0. The number of carbonyl (C=O) groups is 2. The van der Waals surface area contributed by atoms with Crippen LogP contribution in [0.1, 0.15) is 49.5 Å². The molecule has 2 aliphatic rings. The van der Waals surface area contributed by atoms with Crippen molar-refractivity contribution in [2.45, 2.75) is 57.7 Å². The Balaban J connectivity index is 1.38. The minimum atomic E-state index is -0.867. The summed E-state index contributed by atoms with van der Waals surface area (Å²) >= 11 is 0. The first-order chi connectivity index (χ1) is 19.5. The second-order valence-electron chi connectivity index (χ2n) is 10.4. The third-order valence-electron chi connectivity index (χ3n) is 7.46. The maximum atomic E-state index is 13.9. The van der Waals surface area contributed by atoms with E-state index in [9.17, 15) is 14.7 Å². The largest absolute Gasteiger partial charge is 0.508 e. The molecule has 1 aliphatic heterocycles. The molecule has 2 N–H and O–H groups in total. The predicted octanol–water partition coefficient (Wildman–Crippen LogP) is 2.30. The van der Waals surface area contributed by atoms with E-state index in [-0.39, 0.29) is 36.0 Å². The van der Waals surface area contributed by atoms with Crippen LogP contribution in [-0.4, -0.2) is 92.4 Å². The number of phenolic OH excluding ortho intramolecular Hbond substituents is 1. The van der Waals surface area contributed by atoms with Crippen LogP contribution in [0.15, 0.2) is 40.8 Å². The van der Waals surface area contributed by atoms with Gasteiger partial charge in [-0.05, 0) is 61.2 Å². The van der Waals surface area contributed by atoms with Crippen molar-refractivity contribution in [1.29, 1.82) is 0 Å². The first-order valence-electron chi connectivity index (χ1n) is 14.0. The van der Waals surface area contributed by atoms with E-state index in [1.165, 1.54) is 16.9 Å². The molecule has 214 valence electrons. The van der Waals surface area contributed by atoms with Gasteiger partial charge in [-0.25, -0.2) is 0 Å².